The zero-order valence-corrected chi connectivity index (χ0v) is 13.2. The number of fused-ring (bicyclic) bond motifs is 1. The number of aromatic nitrogens is 6. The van der Waals surface area contributed by atoms with E-state index in [9.17, 15) is 0 Å². The van der Waals surface area contributed by atoms with Crippen LogP contribution in [-0.4, -0.2) is 56.0 Å². The van der Waals surface area contributed by atoms with Gasteiger partial charge >= 0.3 is 0 Å². The Hall–Kier alpha value is -2.77. The average molecular weight is 310 g/mol. The minimum atomic E-state index is 0.768. The van der Waals surface area contributed by atoms with Gasteiger partial charge in [-0.2, -0.15) is 14.7 Å². The summed E-state index contributed by atoms with van der Waals surface area (Å²) >= 11 is 0. The van der Waals surface area contributed by atoms with Crippen molar-refractivity contribution in [2.45, 2.75) is 13.8 Å². The molecule has 118 valence electrons. The molecule has 0 saturated carbocycles. The fourth-order valence-electron chi connectivity index (χ4n) is 2.81. The first-order valence-corrected chi connectivity index (χ1v) is 7.67. The summed E-state index contributed by atoms with van der Waals surface area (Å²) in [5.74, 6) is 1.93. The van der Waals surface area contributed by atoms with Crippen LogP contribution in [0.25, 0.3) is 5.65 Å². The van der Waals surface area contributed by atoms with Gasteiger partial charge in [0.05, 0.1) is 18.1 Å². The zero-order valence-electron chi connectivity index (χ0n) is 13.2. The third-order valence-electron chi connectivity index (χ3n) is 4.32. The lowest BCUT2D eigenvalue weighted by Crippen LogP contribution is -2.47. The Kier molecular flexibility index (Phi) is 3.29. The molecule has 0 amide bonds. The van der Waals surface area contributed by atoms with Crippen molar-refractivity contribution in [1.82, 2.24) is 29.8 Å². The van der Waals surface area contributed by atoms with Crippen LogP contribution in [-0.2, 0) is 0 Å². The Bertz CT molecular complexity index is 834. The number of aryl methyl sites for hydroxylation is 2. The lowest BCUT2D eigenvalue weighted by atomic mass is 10.2. The Morgan fingerprint density at radius 2 is 1.74 bits per heavy atom. The van der Waals surface area contributed by atoms with E-state index in [1.54, 1.807) is 12.5 Å². The maximum atomic E-state index is 4.32. The summed E-state index contributed by atoms with van der Waals surface area (Å²) in [4.78, 5) is 13.0. The predicted molar refractivity (Wildman–Crippen MR) is 86.7 cm³/mol. The van der Waals surface area contributed by atoms with Gasteiger partial charge in [-0.25, -0.2) is 4.98 Å². The van der Waals surface area contributed by atoms with E-state index in [4.69, 9.17) is 0 Å². The monoisotopic (exact) mass is 310 g/mol. The molecule has 0 aliphatic carbocycles. The van der Waals surface area contributed by atoms with Crippen LogP contribution in [0.3, 0.4) is 0 Å². The topological polar surface area (TPSA) is 75.3 Å². The van der Waals surface area contributed by atoms with Gasteiger partial charge in [-0.3, -0.25) is 4.98 Å². The van der Waals surface area contributed by atoms with Gasteiger partial charge < -0.3 is 9.80 Å². The number of piperazine rings is 1. The highest BCUT2D eigenvalue weighted by Gasteiger charge is 2.21. The van der Waals surface area contributed by atoms with Gasteiger partial charge in [0.2, 0.25) is 0 Å². The second-order valence-corrected chi connectivity index (χ2v) is 5.74. The molecule has 0 N–H and O–H groups in total. The van der Waals surface area contributed by atoms with Crippen molar-refractivity contribution in [2.24, 2.45) is 0 Å². The minimum absolute atomic E-state index is 0.768. The highest BCUT2D eigenvalue weighted by atomic mass is 15.4. The van der Waals surface area contributed by atoms with Crippen molar-refractivity contribution in [3.8, 4) is 0 Å². The first kappa shape index (κ1) is 13.9. The van der Waals surface area contributed by atoms with Crippen LogP contribution < -0.4 is 9.80 Å². The first-order chi connectivity index (χ1) is 11.2. The number of rotatable bonds is 2. The highest BCUT2D eigenvalue weighted by Crippen LogP contribution is 2.19. The van der Waals surface area contributed by atoms with Gasteiger partial charge in [-0.1, -0.05) is 0 Å². The lowest BCUT2D eigenvalue weighted by Gasteiger charge is -2.36. The van der Waals surface area contributed by atoms with Crippen molar-refractivity contribution in [1.29, 1.82) is 0 Å². The molecule has 1 fully saturated rings. The van der Waals surface area contributed by atoms with Crippen LogP contribution in [0.1, 0.15) is 11.3 Å². The molecule has 8 nitrogen and oxygen atoms in total. The van der Waals surface area contributed by atoms with E-state index in [2.05, 4.69) is 48.1 Å². The molecule has 23 heavy (non-hydrogen) atoms. The van der Waals surface area contributed by atoms with Crippen LogP contribution in [0.4, 0.5) is 11.6 Å². The summed E-state index contributed by atoms with van der Waals surface area (Å²) in [5.41, 5.74) is 2.93. The number of nitrogens with zero attached hydrogens (tertiary/aromatic N) is 8. The van der Waals surface area contributed by atoms with Crippen molar-refractivity contribution < 1.29 is 0 Å². The largest absolute Gasteiger partial charge is 0.352 e. The fourth-order valence-corrected chi connectivity index (χ4v) is 2.81. The Balaban J connectivity index is 1.52. The van der Waals surface area contributed by atoms with Gasteiger partial charge in [0.25, 0.3) is 0 Å². The highest BCUT2D eigenvalue weighted by molar-refractivity contribution is 5.49. The summed E-state index contributed by atoms with van der Waals surface area (Å²) < 4.78 is 1.83. The third-order valence-corrected chi connectivity index (χ3v) is 4.32. The normalized spacial score (nSPS) is 15.4. The maximum absolute atomic E-state index is 4.32. The summed E-state index contributed by atoms with van der Waals surface area (Å²) in [6.07, 6.45) is 5.12. The second kappa shape index (κ2) is 5.45. The Labute approximate surface area is 133 Å². The third kappa shape index (κ3) is 2.45. The summed E-state index contributed by atoms with van der Waals surface area (Å²) in [6, 6.07) is 2.11. The molecule has 0 bridgehead atoms. The molecule has 0 spiro atoms. The van der Waals surface area contributed by atoms with Crippen LogP contribution in [0.2, 0.25) is 0 Å². The Morgan fingerprint density at radius 3 is 2.52 bits per heavy atom. The van der Waals surface area contributed by atoms with Crippen LogP contribution in [0, 0.1) is 13.8 Å². The standard InChI is InChI=1S/C15H18N8/c1-11-7-13(20-19-12(11)2)21-3-5-22(6-4-21)15-9-16-8-14-17-10-18-23(14)15/h7-10H,3-6H2,1-2H3. The van der Waals surface area contributed by atoms with Crippen molar-refractivity contribution in [3.63, 3.8) is 0 Å². The smallest absolute Gasteiger partial charge is 0.175 e. The zero-order chi connectivity index (χ0) is 15.8. The quantitative estimate of drug-likeness (QED) is 0.695. The lowest BCUT2D eigenvalue weighted by molar-refractivity contribution is 0.629. The molecule has 3 aromatic heterocycles. The van der Waals surface area contributed by atoms with Crippen molar-refractivity contribution >= 4 is 17.3 Å². The van der Waals surface area contributed by atoms with Gasteiger partial charge in [0.1, 0.15) is 6.33 Å². The van der Waals surface area contributed by atoms with E-state index in [-0.39, 0.29) is 0 Å². The molecule has 0 unspecified atom stereocenters. The van der Waals surface area contributed by atoms with Crippen molar-refractivity contribution in [3.05, 3.63) is 36.0 Å². The molecule has 1 saturated heterocycles. The van der Waals surface area contributed by atoms with E-state index in [0.717, 1.165) is 49.2 Å². The SMILES string of the molecule is Cc1cc(N2CCN(c3cncc4ncnn34)CC2)nnc1C. The Morgan fingerprint density at radius 1 is 0.957 bits per heavy atom. The second-order valence-electron chi connectivity index (χ2n) is 5.74. The molecule has 0 aromatic carbocycles. The van der Waals surface area contributed by atoms with E-state index in [1.807, 2.05) is 17.6 Å². The van der Waals surface area contributed by atoms with Gasteiger partial charge in [-0.15, -0.1) is 5.10 Å². The predicted octanol–water partition coefficient (Wildman–Crippen LogP) is 0.858. The van der Waals surface area contributed by atoms with E-state index < -0.39 is 0 Å². The molecule has 0 radical (unpaired) electrons. The summed E-state index contributed by atoms with van der Waals surface area (Å²) in [7, 11) is 0. The molecule has 4 heterocycles. The van der Waals surface area contributed by atoms with Gasteiger partial charge in [0.15, 0.2) is 17.3 Å². The number of anilines is 2. The molecule has 0 atom stereocenters. The minimum Gasteiger partial charge on any atom is -0.352 e. The average Bonchev–Trinajstić information content (AvgIpc) is 3.06. The van der Waals surface area contributed by atoms with Crippen molar-refractivity contribution in [2.75, 3.05) is 36.0 Å². The van der Waals surface area contributed by atoms with Crippen LogP contribution in [0.5, 0.6) is 0 Å². The van der Waals surface area contributed by atoms with Gasteiger partial charge in [0, 0.05) is 26.2 Å². The van der Waals surface area contributed by atoms with E-state index >= 15 is 0 Å². The number of hydrogen-bond donors (Lipinski definition) is 0. The molecule has 4 rings (SSSR count). The number of hydrogen-bond acceptors (Lipinski definition) is 7. The van der Waals surface area contributed by atoms with Crippen LogP contribution >= 0.6 is 0 Å². The molecule has 8 heteroatoms. The molecular formula is C15H18N8. The van der Waals surface area contributed by atoms with Crippen LogP contribution in [0.15, 0.2) is 24.8 Å². The fraction of sp³-hybridized carbons (Fsp3) is 0.400. The van der Waals surface area contributed by atoms with E-state index in [1.165, 1.54) is 5.56 Å². The van der Waals surface area contributed by atoms with Gasteiger partial charge in [-0.05, 0) is 25.5 Å². The first-order valence-electron chi connectivity index (χ1n) is 7.67. The maximum Gasteiger partial charge on any atom is 0.175 e. The molecular weight excluding hydrogens is 292 g/mol. The molecule has 1 aliphatic rings. The molecule has 1 aliphatic heterocycles. The summed E-state index contributed by atoms with van der Waals surface area (Å²) in [6.45, 7) is 7.60. The summed E-state index contributed by atoms with van der Waals surface area (Å²) in [5, 5.41) is 12.8. The van der Waals surface area contributed by atoms with E-state index in [0.29, 0.717) is 0 Å². The molecule has 3 aromatic rings.